The molecule has 0 fully saturated rings. The van der Waals surface area contributed by atoms with E-state index in [-0.39, 0.29) is 18.5 Å². The maximum atomic E-state index is 12.4. The first kappa shape index (κ1) is 20.7. The third-order valence-electron chi connectivity index (χ3n) is 4.66. The van der Waals surface area contributed by atoms with Crippen molar-refractivity contribution >= 4 is 51.4 Å². The van der Waals surface area contributed by atoms with Crippen LogP contribution >= 0.6 is 34.5 Å². The number of benzene rings is 2. The second-order valence-electron chi connectivity index (χ2n) is 6.92. The van der Waals surface area contributed by atoms with Crippen molar-refractivity contribution in [1.82, 2.24) is 14.6 Å². The van der Waals surface area contributed by atoms with Crippen LogP contribution in [0.5, 0.6) is 5.75 Å². The highest BCUT2D eigenvalue weighted by molar-refractivity contribution is 7.15. The zero-order valence-electron chi connectivity index (χ0n) is 16.5. The molecule has 0 spiro atoms. The van der Waals surface area contributed by atoms with E-state index in [4.69, 9.17) is 27.9 Å². The molecule has 4 rings (SSSR count). The van der Waals surface area contributed by atoms with Gasteiger partial charge in [-0.1, -0.05) is 29.3 Å². The van der Waals surface area contributed by atoms with E-state index in [0.717, 1.165) is 27.9 Å². The topological polar surface area (TPSA) is 68.5 Å². The van der Waals surface area contributed by atoms with Gasteiger partial charge in [-0.3, -0.25) is 10.1 Å². The number of ether oxygens (including phenoxy) is 1. The van der Waals surface area contributed by atoms with Gasteiger partial charge >= 0.3 is 0 Å². The Morgan fingerprint density at radius 2 is 2.00 bits per heavy atom. The van der Waals surface area contributed by atoms with Gasteiger partial charge in [0.05, 0.1) is 10.7 Å². The third kappa shape index (κ3) is 4.14. The maximum Gasteiger partial charge on any atom is 0.264 e. The van der Waals surface area contributed by atoms with E-state index in [1.807, 2.05) is 38.3 Å². The molecule has 2 aromatic heterocycles. The normalized spacial score (nSPS) is 11.1. The lowest BCUT2D eigenvalue weighted by molar-refractivity contribution is -0.118. The van der Waals surface area contributed by atoms with Gasteiger partial charge in [-0.05, 0) is 61.7 Å². The summed E-state index contributed by atoms with van der Waals surface area (Å²) in [4.78, 5) is 17.4. The van der Waals surface area contributed by atoms with Crippen molar-refractivity contribution in [2.45, 2.75) is 20.8 Å². The van der Waals surface area contributed by atoms with Crippen LogP contribution < -0.4 is 10.1 Å². The van der Waals surface area contributed by atoms with Gasteiger partial charge in [0, 0.05) is 16.0 Å². The van der Waals surface area contributed by atoms with E-state index in [2.05, 4.69) is 21.5 Å². The van der Waals surface area contributed by atoms with Crippen LogP contribution in [-0.2, 0) is 4.79 Å². The summed E-state index contributed by atoms with van der Waals surface area (Å²) in [5, 5.41) is 10.1. The number of amides is 1. The zero-order chi connectivity index (χ0) is 21.4. The highest BCUT2D eigenvalue weighted by Gasteiger charge is 2.16. The molecule has 0 saturated carbocycles. The summed E-state index contributed by atoms with van der Waals surface area (Å²) in [5.41, 5.74) is 4.77. The smallest absolute Gasteiger partial charge is 0.264 e. The number of fused-ring (bicyclic) bond motifs is 1. The third-order valence-corrected chi connectivity index (χ3v) is 6.03. The Labute approximate surface area is 187 Å². The summed E-state index contributed by atoms with van der Waals surface area (Å²) < 4.78 is 7.35. The minimum atomic E-state index is -0.335. The summed E-state index contributed by atoms with van der Waals surface area (Å²) in [6.07, 6.45) is 0. The second-order valence-corrected chi connectivity index (χ2v) is 8.60. The van der Waals surface area contributed by atoms with Crippen molar-refractivity contribution < 1.29 is 9.53 Å². The number of hydrogen-bond donors (Lipinski definition) is 1. The highest BCUT2D eigenvalue weighted by atomic mass is 35.5. The molecule has 0 aliphatic rings. The quantitative estimate of drug-likeness (QED) is 0.414. The van der Waals surface area contributed by atoms with Crippen molar-refractivity contribution in [2.24, 2.45) is 0 Å². The predicted molar refractivity (Wildman–Crippen MR) is 121 cm³/mol. The van der Waals surface area contributed by atoms with Crippen LogP contribution in [0.4, 0.5) is 5.95 Å². The minimum Gasteiger partial charge on any atom is -0.483 e. The van der Waals surface area contributed by atoms with E-state index in [1.165, 1.54) is 11.3 Å². The van der Waals surface area contributed by atoms with Gasteiger partial charge < -0.3 is 4.74 Å². The fourth-order valence-corrected chi connectivity index (χ4v) is 4.40. The molecule has 1 N–H and O–H groups in total. The van der Waals surface area contributed by atoms with Crippen LogP contribution in [0.25, 0.3) is 16.2 Å². The Hall–Kier alpha value is -2.61. The molecule has 1 amide bonds. The van der Waals surface area contributed by atoms with Crippen LogP contribution in [0.3, 0.4) is 0 Å². The number of anilines is 1. The van der Waals surface area contributed by atoms with Gasteiger partial charge in [-0.25, -0.2) is 4.52 Å². The number of nitrogens with zero attached hydrogens (tertiary/aromatic N) is 3. The number of aromatic nitrogens is 3. The fraction of sp³-hybridized carbons (Fsp3) is 0.190. The molecule has 30 heavy (non-hydrogen) atoms. The van der Waals surface area contributed by atoms with E-state index in [1.54, 1.807) is 16.6 Å². The van der Waals surface area contributed by atoms with Gasteiger partial charge in [0.25, 0.3) is 11.9 Å². The summed E-state index contributed by atoms with van der Waals surface area (Å²) in [6.45, 7) is 5.84. The number of rotatable bonds is 5. The van der Waals surface area contributed by atoms with Crippen molar-refractivity contribution in [3.05, 3.63) is 62.4 Å². The molecule has 4 aromatic rings. The molecule has 0 atom stereocenters. The average Bonchev–Trinajstić information content (AvgIpc) is 3.24. The molecule has 0 saturated heterocycles. The number of carbonyl (C=O) groups excluding carboxylic acids is 1. The molecule has 2 aromatic carbocycles. The second kappa shape index (κ2) is 8.26. The van der Waals surface area contributed by atoms with E-state index in [0.29, 0.717) is 20.8 Å². The summed E-state index contributed by atoms with van der Waals surface area (Å²) in [5.74, 6) is 0.568. The molecule has 2 heterocycles. The fourth-order valence-electron chi connectivity index (χ4n) is 3.07. The van der Waals surface area contributed by atoms with E-state index < -0.39 is 0 Å². The predicted octanol–water partition coefficient (Wildman–Crippen LogP) is 5.71. The number of hydrogen-bond acceptors (Lipinski definition) is 5. The van der Waals surface area contributed by atoms with Crippen LogP contribution in [0, 0.1) is 20.8 Å². The van der Waals surface area contributed by atoms with Crippen LogP contribution in [0.2, 0.25) is 10.0 Å². The largest absolute Gasteiger partial charge is 0.483 e. The Bertz CT molecular complexity index is 1270. The highest BCUT2D eigenvalue weighted by Crippen LogP contribution is 2.33. The number of thiazole rings is 1. The molecule has 0 radical (unpaired) electrons. The van der Waals surface area contributed by atoms with Gasteiger partial charge in [-0.15, -0.1) is 16.4 Å². The Balaban J connectivity index is 1.49. The summed E-state index contributed by atoms with van der Waals surface area (Å²) in [7, 11) is 0. The van der Waals surface area contributed by atoms with Crippen molar-refractivity contribution in [2.75, 3.05) is 11.9 Å². The lowest BCUT2D eigenvalue weighted by Gasteiger charge is -2.11. The molecule has 0 aliphatic heterocycles. The molecular formula is C21H18Cl2N4O2S. The molecule has 9 heteroatoms. The first-order valence-corrected chi connectivity index (χ1v) is 10.8. The Morgan fingerprint density at radius 3 is 2.77 bits per heavy atom. The van der Waals surface area contributed by atoms with Gasteiger partial charge in [0.2, 0.25) is 4.96 Å². The molecule has 0 unspecified atom stereocenters. The number of halogens is 2. The summed E-state index contributed by atoms with van der Waals surface area (Å²) >= 11 is 13.7. The monoisotopic (exact) mass is 460 g/mol. The maximum absolute atomic E-state index is 12.4. The molecule has 154 valence electrons. The number of carbonyl (C=O) groups is 1. The molecule has 0 aliphatic carbocycles. The first-order chi connectivity index (χ1) is 14.3. The van der Waals surface area contributed by atoms with Gasteiger partial charge in [-0.2, -0.15) is 4.98 Å². The average molecular weight is 461 g/mol. The zero-order valence-corrected chi connectivity index (χ0v) is 18.8. The molecule has 6 nitrogen and oxygen atoms in total. The van der Waals surface area contributed by atoms with Crippen molar-refractivity contribution in [3.63, 3.8) is 0 Å². The number of aryl methyl sites for hydroxylation is 2. The lowest BCUT2D eigenvalue weighted by Crippen LogP contribution is -2.21. The van der Waals surface area contributed by atoms with Crippen LogP contribution in [0.15, 0.2) is 35.7 Å². The standard InChI is InChI=1S/C21H18Cl2N4O2S/c1-11-6-12(2)13(3)18(7-11)29-9-19(28)24-20-25-21-27(26-20)17(10-30-21)15-5-4-14(22)8-16(15)23/h4-8,10H,9H2,1-3H3,(H,24,26,28). The lowest BCUT2D eigenvalue weighted by atomic mass is 10.1. The SMILES string of the molecule is Cc1cc(C)c(C)c(OCC(=O)Nc2nc3scc(-c4ccc(Cl)cc4Cl)n3n2)c1. The molecular weight excluding hydrogens is 443 g/mol. The van der Waals surface area contributed by atoms with Crippen LogP contribution in [-0.4, -0.2) is 27.1 Å². The van der Waals surface area contributed by atoms with E-state index in [9.17, 15) is 4.79 Å². The number of nitrogens with one attached hydrogen (secondary N) is 1. The molecule has 0 bridgehead atoms. The minimum absolute atomic E-state index is 0.132. The van der Waals surface area contributed by atoms with Crippen LogP contribution in [0.1, 0.15) is 16.7 Å². The van der Waals surface area contributed by atoms with Gasteiger partial charge in [0.15, 0.2) is 6.61 Å². The van der Waals surface area contributed by atoms with Crippen molar-refractivity contribution in [1.29, 1.82) is 0 Å². The van der Waals surface area contributed by atoms with Crippen molar-refractivity contribution in [3.8, 4) is 17.0 Å². The first-order valence-electron chi connectivity index (χ1n) is 9.12. The Kier molecular flexibility index (Phi) is 5.69. The van der Waals surface area contributed by atoms with E-state index >= 15 is 0 Å². The Morgan fingerprint density at radius 1 is 1.20 bits per heavy atom. The van der Waals surface area contributed by atoms with Gasteiger partial charge in [0.1, 0.15) is 5.75 Å². The summed E-state index contributed by atoms with van der Waals surface area (Å²) in [6, 6.07) is 9.26.